The first-order valence-electron chi connectivity index (χ1n) is 2.82. The number of rotatable bonds is 0. The second kappa shape index (κ2) is 2.51. The molecule has 1 aliphatic heterocycles. The van der Waals surface area contributed by atoms with Gasteiger partial charge in [0, 0.05) is 6.54 Å². The molecule has 0 spiro atoms. The zero-order chi connectivity index (χ0) is 5.98. The van der Waals surface area contributed by atoms with Crippen LogP contribution >= 0.6 is 11.6 Å². The van der Waals surface area contributed by atoms with Crippen LogP contribution in [-0.2, 0) is 0 Å². The fraction of sp³-hybridized carbons (Fsp3) is 0.667. The molecule has 0 aliphatic carbocycles. The zero-order valence-corrected chi connectivity index (χ0v) is 5.70. The lowest BCUT2D eigenvalue weighted by Gasteiger charge is -2.15. The lowest BCUT2D eigenvalue weighted by atomic mass is 10.1. The smallest absolute Gasteiger partial charge is 0.0865 e. The quantitative estimate of drug-likeness (QED) is 0.299. The van der Waals surface area contributed by atoms with E-state index in [1.54, 1.807) is 0 Å². The van der Waals surface area contributed by atoms with Crippen molar-refractivity contribution in [2.45, 2.75) is 18.8 Å². The van der Waals surface area contributed by atoms with Crippen LogP contribution in [0.3, 0.4) is 0 Å². The Morgan fingerprint density at radius 3 is 3.00 bits per heavy atom. The molecule has 46 valence electrons. The highest BCUT2D eigenvalue weighted by Crippen LogP contribution is 2.10. The van der Waals surface area contributed by atoms with Crippen molar-refractivity contribution in [1.82, 2.24) is 5.32 Å². The van der Waals surface area contributed by atoms with Gasteiger partial charge in [-0.05, 0) is 13.3 Å². The highest BCUT2D eigenvalue weighted by atomic mass is 35.5. The summed E-state index contributed by atoms with van der Waals surface area (Å²) in [6, 6.07) is 0. The summed E-state index contributed by atoms with van der Waals surface area (Å²) in [5.41, 5.74) is 1.56. The van der Waals surface area contributed by atoms with E-state index in [1.165, 1.54) is 5.57 Å². The summed E-state index contributed by atoms with van der Waals surface area (Å²) >= 11 is 5.76. The molecule has 8 heavy (non-hydrogen) atoms. The van der Waals surface area contributed by atoms with Crippen molar-refractivity contribution >= 4 is 11.6 Å². The summed E-state index contributed by atoms with van der Waals surface area (Å²) in [5.74, 6) is 0. The molecule has 0 aromatic heterocycles. The fourth-order valence-electron chi connectivity index (χ4n) is 0.799. The number of nitrogens with one attached hydrogen (secondary N) is 1. The van der Waals surface area contributed by atoms with Gasteiger partial charge < -0.3 is 0 Å². The molecule has 2 heteroatoms. The molecule has 1 unspecified atom stereocenters. The van der Waals surface area contributed by atoms with E-state index >= 15 is 0 Å². The molecule has 0 amide bonds. The third kappa shape index (κ3) is 1.49. The maximum Gasteiger partial charge on any atom is 0.0865 e. The van der Waals surface area contributed by atoms with Crippen LogP contribution in [0.25, 0.3) is 0 Å². The number of hydrogen-bond acceptors (Lipinski definition) is 1. The first-order valence-corrected chi connectivity index (χ1v) is 3.26. The second-order valence-corrected chi connectivity index (χ2v) is 2.66. The Morgan fingerprint density at radius 1 is 1.88 bits per heavy atom. The molecule has 1 atom stereocenters. The summed E-state index contributed by atoms with van der Waals surface area (Å²) < 4.78 is 0. The summed E-state index contributed by atoms with van der Waals surface area (Å²) in [6.07, 6.45) is 3.15. The van der Waals surface area contributed by atoms with Gasteiger partial charge in [-0.15, -0.1) is 11.6 Å². The van der Waals surface area contributed by atoms with E-state index in [0.29, 0.717) is 0 Å². The molecule has 0 radical (unpaired) electrons. The topological polar surface area (TPSA) is 12.0 Å². The Labute approximate surface area is 54.7 Å². The van der Waals surface area contributed by atoms with Crippen molar-refractivity contribution in [3.63, 3.8) is 0 Å². The highest BCUT2D eigenvalue weighted by molar-refractivity contribution is 6.20. The third-order valence-electron chi connectivity index (χ3n) is 1.29. The third-order valence-corrected chi connectivity index (χ3v) is 1.60. The lowest BCUT2D eigenvalue weighted by Crippen LogP contribution is -2.27. The van der Waals surface area contributed by atoms with Gasteiger partial charge in [0.05, 0.1) is 5.50 Å². The maximum atomic E-state index is 5.76. The molecule has 1 nitrogen and oxygen atoms in total. The van der Waals surface area contributed by atoms with Crippen molar-refractivity contribution in [2.24, 2.45) is 0 Å². The molecule has 0 saturated carbocycles. The Balaban J connectivity index is 2.45. The second-order valence-electron chi connectivity index (χ2n) is 2.13. The van der Waals surface area contributed by atoms with Gasteiger partial charge in [-0.2, -0.15) is 0 Å². The van der Waals surface area contributed by atoms with E-state index in [4.69, 9.17) is 11.6 Å². The van der Waals surface area contributed by atoms with E-state index in [0.717, 1.165) is 13.0 Å². The first-order chi connectivity index (χ1) is 3.79. The van der Waals surface area contributed by atoms with Crippen LogP contribution in [0, 0.1) is 0 Å². The Kier molecular flexibility index (Phi) is 1.92. The van der Waals surface area contributed by atoms with E-state index in [-0.39, 0.29) is 5.50 Å². The molecule has 0 aromatic carbocycles. The van der Waals surface area contributed by atoms with E-state index < -0.39 is 0 Å². The van der Waals surface area contributed by atoms with Gasteiger partial charge in [-0.25, -0.2) is 0 Å². The predicted octanol–water partition coefficient (Wildman–Crippen LogP) is 1.49. The molecular weight excluding hydrogens is 122 g/mol. The highest BCUT2D eigenvalue weighted by Gasteiger charge is 2.06. The first kappa shape index (κ1) is 6.12. The number of hydrogen-bond donors (Lipinski definition) is 1. The molecule has 1 heterocycles. The molecule has 0 fully saturated rings. The fourth-order valence-corrected chi connectivity index (χ4v) is 1.13. The van der Waals surface area contributed by atoms with Gasteiger partial charge in [0.1, 0.15) is 0 Å². The Hall–Kier alpha value is -0.0100. The lowest BCUT2D eigenvalue weighted by molar-refractivity contribution is 0.650. The van der Waals surface area contributed by atoms with Gasteiger partial charge in [-0.1, -0.05) is 11.6 Å². The zero-order valence-electron chi connectivity index (χ0n) is 4.95. The van der Waals surface area contributed by atoms with Gasteiger partial charge in [0.25, 0.3) is 0 Å². The average Bonchev–Trinajstić information content (AvgIpc) is 1.64. The minimum Gasteiger partial charge on any atom is -0.298 e. The monoisotopic (exact) mass is 131 g/mol. The Bertz CT molecular complexity index is 109. The van der Waals surface area contributed by atoms with Crippen LogP contribution in [0.1, 0.15) is 13.3 Å². The van der Waals surface area contributed by atoms with E-state index in [9.17, 15) is 0 Å². The van der Waals surface area contributed by atoms with Gasteiger partial charge in [0.15, 0.2) is 0 Å². The number of alkyl halides is 1. The molecule has 1 aliphatic rings. The minimum absolute atomic E-state index is 0.167. The van der Waals surface area contributed by atoms with Crippen molar-refractivity contribution < 1.29 is 0 Å². The molecule has 0 bridgehead atoms. The van der Waals surface area contributed by atoms with Crippen LogP contribution in [-0.4, -0.2) is 12.0 Å². The summed E-state index contributed by atoms with van der Waals surface area (Å²) in [6.45, 7) is 3.04. The van der Waals surface area contributed by atoms with Crippen molar-refractivity contribution in [1.29, 1.82) is 0 Å². The van der Waals surface area contributed by atoms with Crippen LogP contribution in [0.5, 0.6) is 0 Å². The van der Waals surface area contributed by atoms with Crippen LogP contribution in [0.4, 0.5) is 0 Å². The summed E-state index contributed by atoms with van der Waals surface area (Å²) in [5, 5.41) is 3.10. The maximum absolute atomic E-state index is 5.76. The molecule has 1 rings (SSSR count). The van der Waals surface area contributed by atoms with E-state index in [2.05, 4.69) is 18.3 Å². The van der Waals surface area contributed by atoms with Crippen LogP contribution < -0.4 is 5.32 Å². The molecule has 1 N–H and O–H groups in total. The molecule has 0 aromatic rings. The van der Waals surface area contributed by atoms with Crippen LogP contribution in [0.2, 0.25) is 0 Å². The summed E-state index contributed by atoms with van der Waals surface area (Å²) in [7, 11) is 0. The van der Waals surface area contributed by atoms with Crippen molar-refractivity contribution in [3.05, 3.63) is 11.6 Å². The molecular formula is C6H10ClN. The van der Waals surface area contributed by atoms with Crippen molar-refractivity contribution in [2.75, 3.05) is 6.54 Å². The largest absolute Gasteiger partial charge is 0.298 e. The Morgan fingerprint density at radius 2 is 2.62 bits per heavy atom. The predicted molar refractivity (Wildman–Crippen MR) is 36.0 cm³/mol. The molecule has 0 saturated heterocycles. The summed E-state index contributed by atoms with van der Waals surface area (Å²) in [4.78, 5) is 0. The number of halogens is 1. The minimum atomic E-state index is 0.167. The van der Waals surface area contributed by atoms with Gasteiger partial charge >= 0.3 is 0 Å². The SMILES string of the molecule is CC1=CCNC(Cl)C1. The van der Waals surface area contributed by atoms with Crippen molar-refractivity contribution in [3.8, 4) is 0 Å². The van der Waals surface area contributed by atoms with Crippen LogP contribution in [0.15, 0.2) is 11.6 Å². The standard InChI is InChI=1S/C6H10ClN/c1-5-2-3-8-6(7)4-5/h2,6,8H,3-4H2,1H3. The van der Waals surface area contributed by atoms with Gasteiger partial charge in [0.2, 0.25) is 0 Å². The normalized spacial score (nSPS) is 29.8. The van der Waals surface area contributed by atoms with Gasteiger partial charge in [-0.3, -0.25) is 5.32 Å². The van der Waals surface area contributed by atoms with E-state index in [1.807, 2.05) is 0 Å². The average molecular weight is 132 g/mol.